The number of piperidine rings is 1. The van der Waals surface area contributed by atoms with E-state index in [9.17, 15) is 9.59 Å². The van der Waals surface area contributed by atoms with Crippen molar-refractivity contribution >= 4 is 11.8 Å². The number of rotatable bonds is 5. The molecular weight excluding hydrogens is 376 g/mol. The molecule has 1 aliphatic rings. The number of ether oxygens (including phenoxy) is 1. The maximum atomic E-state index is 12.7. The summed E-state index contributed by atoms with van der Waals surface area (Å²) in [4.78, 5) is 27.1. The van der Waals surface area contributed by atoms with Crippen molar-refractivity contribution in [3.8, 4) is 5.75 Å². The van der Waals surface area contributed by atoms with Gasteiger partial charge in [-0.25, -0.2) is 0 Å². The van der Waals surface area contributed by atoms with Crippen molar-refractivity contribution in [1.29, 1.82) is 0 Å². The van der Waals surface area contributed by atoms with Crippen LogP contribution in [0, 0.1) is 5.92 Å². The molecule has 3 rings (SSSR count). The van der Waals surface area contributed by atoms with Gasteiger partial charge in [-0.1, -0.05) is 45.0 Å². The van der Waals surface area contributed by atoms with Crippen molar-refractivity contribution in [2.45, 2.75) is 45.6 Å². The van der Waals surface area contributed by atoms with E-state index in [1.54, 1.807) is 31.4 Å². The molecule has 5 heteroatoms. The zero-order valence-corrected chi connectivity index (χ0v) is 18.4. The van der Waals surface area contributed by atoms with Gasteiger partial charge >= 0.3 is 0 Å². The molecule has 1 fully saturated rings. The van der Waals surface area contributed by atoms with Crippen LogP contribution in [0.5, 0.6) is 5.75 Å². The van der Waals surface area contributed by atoms with E-state index < -0.39 is 0 Å². The Kier molecular flexibility index (Phi) is 6.80. The molecule has 1 N–H and O–H groups in total. The van der Waals surface area contributed by atoms with Gasteiger partial charge in [-0.05, 0) is 53.6 Å². The minimum atomic E-state index is -0.0428. The number of benzene rings is 2. The summed E-state index contributed by atoms with van der Waals surface area (Å²) in [6.07, 6.45) is 1.38. The van der Waals surface area contributed by atoms with Crippen LogP contribution in [-0.2, 0) is 16.8 Å². The van der Waals surface area contributed by atoms with Crippen LogP contribution in [0.15, 0.2) is 48.5 Å². The summed E-state index contributed by atoms with van der Waals surface area (Å²) >= 11 is 0. The number of nitrogens with one attached hydrogen (secondary N) is 1. The molecule has 2 aromatic rings. The number of carbonyl (C=O) groups excluding carboxylic acids is 2. The fraction of sp³-hybridized carbons (Fsp3) is 0.440. The van der Waals surface area contributed by atoms with Gasteiger partial charge in [0.2, 0.25) is 5.91 Å². The van der Waals surface area contributed by atoms with E-state index in [0.29, 0.717) is 38.0 Å². The quantitative estimate of drug-likeness (QED) is 0.808. The second-order valence-electron chi connectivity index (χ2n) is 8.96. The fourth-order valence-electron chi connectivity index (χ4n) is 3.72. The van der Waals surface area contributed by atoms with E-state index in [2.05, 4.69) is 50.4 Å². The standard InChI is InChI=1S/C25H32N2O3/c1-25(2,3)21-9-5-18(6-10-21)17-26-23(28)19-13-15-27(16-14-19)24(29)20-7-11-22(30-4)12-8-20/h5-12,19H,13-17H2,1-4H3,(H,26,28). The number of likely N-dealkylation sites (tertiary alicyclic amines) is 1. The Bertz CT molecular complexity index is 859. The second-order valence-corrected chi connectivity index (χ2v) is 8.96. The van der Waals surface area contributed by atoms with Crippen LogP contribution in [-0.4, -0.2) is 36.9 Å². The SMILES string of the molecule is COc1ccc(C(=O)N2CCC(C(=O)NCc3ccc(C(C)(C)C)cc3)CC2)cc1. The first-order valence-electron chi connectivity index (χ1n) is 10.6. The Morgan fingerprint density at radius 2 is 1.60 bits per heavy atom. The van der Waals surface area contributed by atoms with Gasteiger partial charge in [-0.3, -0.25) is 9.59 Å². The summed E-state index contributed by atoms with van der Waals surface area (Å²) in [6, 6.07) is 15.6. The first-order chi connectivity index (χ1) is 14.3. The van der Waals surface area contributed by atoms with Gasteiger partial charge in [0.15, 0.2) is 0 Å². The summed E-state index contributed by atoms with van der Waals surface area (Å²) in [6.45, 7) is 8.31. The largest absolute Gasteiger partial charge is 0.497 e. The van der Waals surface area contributed by atoms with Gasteiger partial charge in [0, 0.05) is 31.1 Å². The van der Waals surface area contributed by atoms with Crippen molar-refractivity contribution in [2.75, 3.05) is 20.2 Å². The van der Waals surface area contributed by atoms with E-state index in [0.717, 1.165) is 11.3 Å². The molecule has 0 aromatic heterocycles. The van der Waals surface area contributed by atoms with Crippen LogP contribution in [0.4, 0.5) is 0 Å². The minimum absolute atomic E-state index is 0.00968. The molecule has 0 aliphatic carbocycles. The predicted octanol–water partition coefficient (Wildman–Crippen LogP) is 4.16. The molecule has 2 amide bonds. The lowest BCUT2D eigenvalue weighted by atomic mass is 9.87. The van der Waals surface area contributed by atoms with Gasteiger partial charge in [0.05, 0.1) is 7.11 Å². The van der Waals surface area contributed by atoms with Crippen molar-refractivity contribution in [1.82, 2.24) is 10.2 Å². The van der Waals surface area contributed by atoms with Crippen LogP contribution in [0.1, 0.15) is 55.1 Å². The summed E-state index contributed by atoms with van der Waals surface area (Å²) in [5, 5.41) is 3.06. The monoisotopic (exact) mass is 408 g/mol. The molecule has 5 nitrogen and oxygen atoms in total. The first kappa shape index (κ1) is 21.9. The third-order valence-electron chi connectivity index (χ3n) is 5.78. The zero-order valence-electron chi connectivity index (χ0n) is 18.4. The van der Waals surface area contributed by atoms with Crippen LogP contribution in [0.2, 0.25) is 0 Å². The molecule has 0 radical (unpaired) electrons. The molecule has 0 saturated carbocycles. The Labute approximate surface area is 179 Å². The highest BCUT2D eigenvalue weighted by Crippen LogP contribution is 2.23. The second kappa shape index (κ2) is 9.33. The predicted molar refractivity (Wildman–Crippen MR) is 119 cm³/mol. The van der Waals surface area contributed by atoms with Gasteiger partial charge in [0.1, 0.15) is 5.75 Å². The molecule has 30 heavy (non-hydrogen) atoms. The van der Waals surface area contributed by atoms with Crippen molar-refractivity contribution in [2.24, 2.45) is 5.92 Å². The lowest BCUT2D eigenvalue weighted by Gasteiger charge is -2.31. The van der Waals surface area contributed by atoms with Crippen LogP contribution in [0.25, 0.3) is 0 Å². The maximum absolute atomic E-state index is 12.7. The maximum Gasteiger partial charge on any atom is 0.253 e. The highest BCUT2D eigenvalue weighted by Gasteiger charge is 2.27. The number of methoxy groups -OCH3 is 1. The Morgan fingerprint density at radius 1 is 1.00 bits per heavy atom. The molecule has 1 aliphatic heterocycles. The summed E-state index contributed by atoms with van der Waals surface area (Å²) in [5.41, 5.74) is 3.16. The zero-order chi connectivity index (χ0) is 21.7. The molecule has 0 atom stereocenters. The molecule has 160 valence electrons. The first-order valence-corrected chi connectivity index (χ1v) is 10.6. The topological polar surface area (TPSA) is 58.6 Å². The molecule has 1 heterocycles. The number of hydrogen-bond acceptors (Lipinski definition) is 3. The minimum Gasteiger partial charge on any atom is -0.497 e. The van der Waals surface area contributed by atoms with E-state index in [1.165, 1.54) is 5.56 Å². The Balaban J connectivity index is 1.47. The Morgan fingerprint density at radius 3 is 2.13 bits per heavy atom. The average Bonchev–Trinajstić information content (AvgIpc) is 2.77. The highest BCUT2D eigenvalue weighted by molar-refractivity contribution is 5.94. The smallest absolute Gasteiger partial charge is 0.253 e. The molecule has 1 saturated heterocycles. The van der Waals surface area contributed by atoms with Gasteiger partial charge in [-0.15, -0.1) is 0 Å². The van der Waals surface area contributed by atoms with E-state index in [4.69, 9.17) is 4.74 Å². The van der Waals surface area contributed by atoms with E-state index in [-0.39, 0.29) is 23.1 Å². The third-order valence-corrected chi connectivity index (χ3v) is 5.78. The Hall–Kier alpha value is -2.82. The third kappa shape index (κ3) is 5.41. The summed E-state index contributed by atoms with van der Waals surface area (Å²) < 4.78 is 5.14. The highest BCUT2D eigenvalue weighted by atomic mass is 16.5. The summed E-state index contributed by atoms with van der Waals surface area (Å²) in [7, 11) is 1.60. The molecule has 0 unspecified atom stereocenters. The van der Waals surface area contributed by atoms with Crippen molar-refractivity contribution in [3.05, 3.63) is 65.2 Å². The number of carbonyl (C=O) groups is 2. The van der Waals surface area contributed by atoms with Crippen molar-refractivity contribution < 1.29 is 14.3 Å². The van der Waals surface area contributed by atoms with Gasteiger partial charge < -0.3 is 15.0 Å². The number of nitrogens with zero attached hydrogens (tertiary/aromatic N) is 1. The van der Waals surface area contributed by atoms with Gasteiger partial charge in [0.25, 0.3) is 5.91 Å². The van der Waals surface area contributed by atoms with Crippen molar-refractivity contribution in [3.63, 3.8) is 0 Å². The molecular formula is C25H32N2O3. The molecule has 0 spiro atoms. The molecule has 2 aromatic carbocycles. The van der Waals surface area contributed by atoms with Crippen LogP contribution in [0.3, 0.4) is 0 Å². The van der Waals surface area contributed by atoms with Gasteiger partial charge in [-0.2, -0.15) is 0 Å². The number of hydrogen-bond donors (Lipinski definition) is 1. The fourth-order valence-corrected chi connectivity index (χ4v) is 3.72. The number of amides is 2. The van der Waals surface area contributed by atoms with Crippen LogP contribution < -0.4 is 10.1 Å². The van der Waals surface area contributed by atoms with E-state index in [1.807, 2.05) is 4.90 Å². The molecule has 0 bridgehead atoms. The average molecular weight is 409 g/mol. The lowest BCUT2D eigenvalue weighted by molar-refractivity contribution is -0.126. The normalized spacial score (nSPS) is 15.0. The van der Waals surface area contributed by atoms with Crippen LogP contribution >= 0.6 is 0 Å². The van der Waals surface area contributed by atoms with E-state index >= 15 is 0 Å². The summed E-state index contributed by atoms with van der Waals surface area (Å²) in [5.74, 6) is 0.774. The lowest BCUT2D eigenvalue weighted by Crippen LogP contribution is -2.42.